The van der Waals surface area contributed by atoms with Crippen molar-refractivity contribution in [1.29, 1.82) is 0 Å². The molecule has 1 heterocycles. The highest BCUT2D eigenvalue weighted by Crippen LogP contribution is 2.15. The molecule has 0 spiro atoms. The van der Waals surface area contributed by atoms with Crippen molar-refractivity contribution in [3.63, 3.8) is 0 Å². The molecule has 66 valence electrons. The monoisotopic (exact) mass is 286 g/mol. The Kier molecular flexibility index (Phi) is 2.11. The van der Waals surface area contributed by atoms with Crippen molar-refractivity contribution in [3.8, 4) is 0 Å². The van der Waals surface area contributed by atoms with Crippen LogP contribution in [0.2, 0.25) is 0 Å². The molecule has 0 aliphatic rings. The molecule has 0 unspecified atom stereocenters. The van der Waals surface area contributed by atoms with E-state index in [1.165, 1.54) is 6.07 Å². The molecule has 0 atom stereocenters. The second-order valence-corrected chi connectivity index (χ2v) is 4.11. The summed E-state index contributed by atoms with van der Waals surface area (Å²) in [5.74, 6) is 0.652. The van der Waals surface area contributed by atoms with Gasteiger partial charge in [0.25, 0.3) is 0 Å². The zero-order chi connectivity index (χ0) is 9.42. The highest BCUT2D eigenvalue weighted by molar-refractivity contribution is 14.1. The fourth-order valence-electron chi connectivity index (χ4n) is 1.25. The van der Waals surface area contributed by atoms with E-state index in [-0.39, 0.29) is 5.43 Å². The van der Waals surface area contributed by atoms with E-state index in [0.717, 1.165) is 3.57 Å². The molecular formula is C10H7IO2. The van der Waals surface area contributed by atoms with E-state index in [4.69, 9.17) is 4.42 Å². The van der Waals surface area contributed by atoms with Crippen LogP contribution in [0.25, 0.3) is 11.0 Å². The Morgan fingerprint density at radius 3 is 2.85 bits per heavy atom. The molecule has 0 fully saturated rings. The Hall–Kier alpha value is -0.840. The predicted molar refractivity (Wildman–Crippen MR) is 59.9 cm³/mol. The molecule has 0 saturated carbocycles. The fourth-order valence-corrected chi connectivity index (χ4v) is 1.74. The van der Waals surface area contributed by atoms with Crippen LogP contribution < -0.4 is 5.43 Å². The molecule has 0 saturated heterocycles. The van der Waals surface area contributed by atoms with Gasteiger partial charge in [0.05, 0.1) is 5.39 Å². The van der Waals surface area contributed by atoms with Crippen molar-refractivity contribution in [2.24, 2.45) is 0 Å². The molecule has 0 radical (unpaired) electrons. The van der Waals surface area contributed by atoms with Gasteiger partial charge in [0.15, 0.2) is 5.43 Å². The molecule has 3 heteroatoms. The summed E-state index contributed by atoms with van der Waals surface area (Å²) in [5.41, 5.74) is 0.683. The lowest BCUT2D eigenvalue weighted by Crippen LogP contribution is -2.00. The van der Waals surface area contributed by atoms with Crippen molar-refractivity contribution in [1.82, 2.24) is 0 Å². The molecular weight excluding hydrogens is 279 g/mol. The van der Waals surface area contributed by atoms with E-state index < -0.39 is 0 Å². The maximum atomic E-state index is 11.5. The number of fused-ring (bicyclic) bond motifs is 1. The van der Waals surface area contributed by atoms with Crippen molar-refractivity contribution in [2.45, 2.75) is 6.92 Å². The molecule has 0 aliphatic heterocycles. The minimum atomic E-state index is 0.0252. The standard InChI is InChI=1S/C10H7IO2/c1-6-4-9(12)8-5-7(11)2-3-10(8)13-6/h2-5H,1H3. The Bertz CT molecular complexity index is 514. The highest BCUT2D eigenvalue weighted by atomic mass is 127. The molecule has 0 bridgehead atoms. The minimum absolute atomic E-state index is 0.0252. The first-order chi connectivity index (χ1) is 6.16. The quantitative estimate of drug-likeness (QED) is 0.697. The van der Waals surface area contributed by atoms with Crippen LogP contribution in [0.15, 0.2) is 33.5 Å². The van der Waals surface area contributed by atoms with Gasteiger partial charge in [-0.2, -0.15) is 0 Å². The van der Waals surface area contributed by atoms with E-state index >= 15 is 0 Å². The van der Waals surface area contributed by atoms with Crippen molar-refractivity contribution in [2.75, 3.05) is 0 Å². The number of hydrogen-bond donors (Lipinski definition) is 0. The first kappa shape index (κ1) is 8.74. The number of benzene rings is 1. The van der Waals surface area contributed by atoms with Gasteiger partial charge >= 0.3 is 0 Å². The van der Waals surface area contributed by atoms with Crippen molar-refractivity contribution in [3.05, 3.63) is 43.8 Å². The topological polar surface area (TPSA) is 30.2 Å². The van der Waals surface area contributed by atoms with Gasteiger partial charge in [0, 0.05) is 9.64 Å². The zero-order valence-corrected chi connectivity index (χ0v) is 9.16. The summed E-state index contributed by atoms with van der Waals surface area (Å²) >= 11 is 2.17. The highest BCUT2D eigenvalue weighted by Gasteiger charge is 2.01. The summed E-state index contributed by atoms with van der Waals surface area (Å²) in [4.78, 5) is 11.5. The number of hydrogen-bond acceptors (Lipinski definition) is 2. The third-order valence-electron chi connectivity index (χ3n) is 1.81. The maximum absolute atomic E-state index is 11.5. The number of rotatable bonds is 0. The molecule has 13 heavy (non-hydrogen) atoms. The van der Waals surface area contributed by atoms with Gasteiger partial charge in [-0.15, -0.1) is 0 Å². The Labute approximate surface area is 88.7 Å². The summed E-state index contributed by atoms with van der Waals surface area (Å²) < 4.78 is 6.44. The maximum Gasteiger partial charge on any atom is 0.192 e. The summed E-state index contributed by atoms with van der Waals surface area (Å²) in [6.45, 7) is 1.78. The van der Waals surface area contributed by atoms with Crippen molar-refractivity contribution >= 4 is 33.6 Å². The largest absolute Gasteiger partial charge is 0.461 e. The summed E-state index contributed by atoms with van der Waals surface area (Å²) in [5, 5.41) is 0.650. The number of aryl methyl sites for hydroxylation is 1. The van der Waals surface area contributed by atoms with Crippen LogP contribution in [-0.4, -0.2) is 0 Å². The van der Waals surface area contributed by atoms with Crippen LogP contribution in [-0.2, 0) is 0 Å². The van der Waals surface area contributed by atoms with Gasteiger partial charge in [0.1, 0.15) is 11.3 Å². The van der Waals surface area contributed by atoms with Crippen LogP contribution in [0.1, 0.15) is 5.76 Å². The fraction of sp³-hybridized carbons (Fsp3) is 0.100. The van der Waals surface area contributed by atoms with Crippen LogP contribution in [0.3, 0.4) is 0 Å². The summed E-state index contributed by atoms with van der Waals surface area (Å²) in [6, 6.07) is 7.09. The summed E-state index contributed by atoms with van der Waals surface area (Å²) in [7, 11) is 0. The Morgan fingerprint density at radius 1 is 1.31 bits per heavy atom. The zero-order valence-electron chi connectivity index (χ0n) is 7.00. The van der Waals surface area contributed by atoms with Crippen LogP contribution in [0.5, 0.6) is 0 Å². The van der Waals surface area contributed by atoms with Gasteiger partial charge in [0.2, 0.25) is 0 Å². The van der Waals surface area contributed by atoms with E-state index in [2.05, 4.69) is 22.6 Å². The van der Waals surface area contributed by atoms with Gasteiger partial charge in [-0.1, -0.05) is 0 Å². The van der Waals surface area contributed by atoms with Crippen LogP contribution in [0.4, 0.5) is 0 Å². The van der Waals surface area contributed by atoms with Crippen LogP contribution in [0, 0.1) is 10.5 Å². The third kappa shape index (κ3) is 1.60. The summed E-state index contributed by atoms with van der Waals surface area (Å²) in [6.07, 6.45) is 0. The van der Waals surface area contributed by atoms with E-state index in [9.17, 15) is 4.79 Å². The normalized spacial score (nSPS) is 10.6. The second-order valence-electron chi connectivity index (χ2n) is 2.86. The molecule has 0 amide bonds. The first-order valence-electron chi connectivity index (χ1n) is 3.87. The van der Waals surface area contributed by atoms with E-state index in [1.54, 1.807) is 6.92 Å². The van der Waals surface area contributed by atoms with Gasteiger partial charge in [-0.05, 0) is 47.7 Å². The molecule has 1 aromatic heterocycles. The molecule has 1 aromatic carbocycles. The predicted octanol–water partition coefficient (Wildman–Crippen LogP) is 2.71. The molecule has 0 aliphatic carbocycles. The lowest BCUT2D eigenvalue weighted by molar-refractivity contribution is 0.564. The van der Waals surface area contributed by atoms with Gasteiger partial charge in [-0.3, -0.25) is 4.79 Å². The Morgan fingerprint density at radius 2 is 2.08 bits per heavy atom. The lowest BCUT2D eigenvalue weighted by Gasteiger charge is -1.98. The average molecular weight is 286 g/mol. The molecule has 2 rings (SSSR count). The number of halogens is 1. The van der Waals surface area contributed by atoms with Crippen LogP contribution >= 0.6 is 22.6 Å². The lowest BCUT2D eigenvalue weighted by atomic mass is 10.2. The third-order valence-corrected chi connectivity index (χ3v) is 2.48. The molecule has 0 N–H and O–H groups in total. The van der Waals surface area contributed by atoms with E-state index in [0.29, 0.717) is 16.7 Å². The van der Waals surface area contributed by atoms with Gasteiger partial charge in [-0.25, -0.2) is 0 Å². The van der Waals surface area contributed by atoms with E-state index in [1.807, 2.05) is 18.2 Å². The molecule has 2 nitrogen and oxygen atoms in total. The first-order valence-corrected chi connectivity index (χ1v) is 4.95. The molecule has 2 aromatic rings. The van der Waals surface area contributed by atoms with Gasteiger partial charge < -0.3 is 4.42 Å². The second kappa shape index (κ2) is 3.14. The minimum Gasteiger partial charge on any atom is -0.461 e. The smallest absolute Gasteiger partial charge is 0.192 e. The SMILES string of the molecule is Cc1cc(=O)c2cc(I)ccc2o1. The Balaban J connectivity index is 2.95. The average Bonchev–Trinajstić information content (AvgIpc) is 2.06. The van der Waals surface area contributed by atoms with Crippen molar-refractivity contribution < 1.29 is 4.42 Å².